The Bertz CT molecular complexity index is 1270. The van der Waals surface area contributed by atoms with Crippen LogP contribution < -0.4 is 9.47 Å². The van der Waals surface area contributed by atoms with Crippen molar-refractivity contribution in [3.05, 3.63) is 56.6 Å². The lowest BCUT2D eigenvalue weighted by Gasteiger charge is -2.26. The number of hydrogen-bond acceptors (Lipinski definition) is 6. The number of ether oxygens (including phenoxy) is 4. The van der Waals surface area contributed by atoms with Crippen LogP contribution in [0.1, 0.15) is 63.8 Å². The van der Waals surface area contributed by atoms with E-state index in [1.54, 1.807) is 24.0 Å². The van der Waals surface area contributed by atoms with Gasteiger partial charge in [0.2, 0.25) is 0 Å². The predicted octanol–water partition coefficient (Wildman–Crippen LogP) is 7.37. The number of fused-ring (bicyclic) bond motifs is 2. The van der Waals surface area contributed by atoms with Crippen LogP contribution in [-0.2, 0) is 35.2 Å². The molecule has 2 aliphatic rings. The number of benzene rings is 2. The van der Waals surface area contributed by atoms with Crippen LogP contribution in [0.4, 0.5) is 9.59 Å². The molecule has 0 atom stereocenters. The Morgan fingerprint density at radius 3 is 1.60 bits per heavy atom. The zero-order valence-corrected chi connectivity index (χ0v) is 27.6. The van der Waals surface area contributed by atoms with Gasteiger partial charge in [-0.25, -0.2) is 9.59 Å². The van der Waals surface area contributed by atoms with Crippen LogP contribution in [0, 0.1) is 0 Å². The number of carbonyl (C=O) groups excluding carboxylic acids is 2. The molecule has 0 fully saturated rings. The van der Waals surface area contributed by atoms with Gasteiger partial charge in [0.25, 0.3) is 0 Å². The lowest BCUT2D eigenvalue weighted by Crippen LogP contribution is -2.38. The fourth-order valence-corrected chi connectivity index (χ4v) is 5.43. The smallest absolute Gasteiger partial charge is 0.410 e. The third-order valence-corrected chi connectivity index (χ3v) is 7.60. The fourth-order valence-electron chi connectivity index (χ4n) is 4.82. The van der Waals surface area contributed by atoms with Crippen molar-refractivity contribution in [3.8, 4) is 11.5 Å². The van der Waals surface area contributed by atoms with E-state index in [2.05, 4.69) is 0 Å². The molecule has 0 aliphatic carbocycles. The molecular formula is C32H44Cl2N2O6. The van der Waals surface area contributed by atoms with Gasteiger partial charge in [-0.3, -0.25) is 0 Å². The largest absolute Gasteiger partial charge is 0.495 e. The molecule has 0 radical (unpaired) electrons. The summed E-state index contributed by atoms with van der Waals surface area (Å²) in [6.07, 6.45) is 2.52. The van der Waals surface area contributed by atoms with E-state index in [9.17, 15) is 9.59 Å². The first-order chi connectivity index (χ1) is 19.6. The minimum atomic E-state index is -0.475. The van der Waals surface area contributed by atoms with Gasteiger partial charge in [-0.15, -0.1) is 0 Å². The van der Waals surface area contributed by atoms with E-state index in [0.29, 0.717) is 54.1 Å². The summed E-state index contributed by atoms with van der Waals surface area (Å²) >= 11 is 12.5. The SMILES string of the molecule is COc1cc2c(cc1Cl)CCN(C(=O)OC(C)(C)C)CC2.COc1ccc2c(c1Cl)CCN(C(=O)OC(C)(C)C)CC2. The topological polar surface area (TPSA) is 77.5 Å². The Labute approximate surface area is 260 Å². The number of rotatable bonds is 2. The van der Waals surface area contributed by atoms with Crippen molar-refractivity contribution in [1.82, 2.24) is 9.80 Å². The van der Waals surface area contributed by atoms with Gasteiger partial charge in [0.15, 0.2) is 0 Å². The van der Waals surface area contributed by atoms with E-state index in [4.69, 9.17) is 42.1 Å². The average Bonchev–Trinajstić information content (AvgIpc) is 3.24. The summed E-state index contributed by atoms with van der Waals surface area (Å²) < 4.78 is 21.4. The van der Waals surface area contributed by atoms with Crippen LogP contribution in [0.3, 0.4) is 0 Å². The van der Waals surface area contributed by atoms with Gasteiger partial charge in [-0.05, 0) is 108 Å². The molecule has 2 amide bonds. The maximum absolute atomic E-state index is 12.2. The number of nitrogens with zero attached hydrogens (tertiary/aromatic N) is 2. The number of carbonyl (C=O) groups is 2. The number of amides is 2. The van der Waals surface area contributed by atoms with Gasteiger partial charge in [0.1, 0.15) is 22.7 Å². The molecule has 0 saturated heterocycles. The van der Waals surface area contributed by atoms with Gasteiger partial charge in [0.05, 0.1) is 24.3 Å². The van der Waals surface area contributed by atoms with Crippen molar-refractivity contribution in [3.63, 3.8) is 0 Å². The third-order valence-electron chi connectivity index (χ3n) is 6.89. The zero-order chi connectivity index (χ0) is 31.2. The van der Waals surface area contributed by atoms with Crippen molar-refractivity contribution in [1.29, 1.82) is 0 Å². The van der Waals surface area contributed by atoms with E-state index >= 15 is 0 Å². The first-order valence-corrected chi connectivity index (χ1v) is 15.0. The first kappa shape index (κ1) is 33.7. The monoisotopic (exact) mass is 622 g/mol. The lowest BCUT2D eigenvalue weighted by molar-refractivity contribution is 0.0248. The summed E-state index contributed by atoms with van der Waals surface area (Å²) in [5.41, 5.74) is 3.66. The summed E-state index contributed by atoms with van der Waals surface area (Å²) in [4.78, 5) is 27.8. The highest BCUT2D eigenvalue weighted by atomic mass is 35.5. The maximum atomic E-state index is 12.2. The molecule has 2 aliphatic heterocycles. The van der Waals surface area contributed by atoms with Crippen LogP contribution >= 0.6 is 23.2 Å². The molecule has 2 aromatic rings. The van der Waals surface area contributed by atoms with Crippen LogP contribution in [-0.4, -0.2) is 73.6 Å². The Balaban J connectivity index is 0.000000230. The molecule has 4 rings (SSSR count). The van der Waals surface area contributed by atoms with Crippen molar-refractivity contribution < 1.29 is 28.5 Å². The molecule has 0 aromatic heterocycles. The van der Waals surface area contributed by atoms with Crippen LogP contribution in [0.25, 0.3) is 0 Å². The number of halogens is 2. The first-order valence-electron chi connectivity index (χ1n) is 14.3. The Hall–Kier alpha value is -2.84. The molecule has 0 saturated carbocycles. The molecule has 10 heteroatoms. The highest BCUT2D eigenvalue weighted by Crippen LogP contribution is 2.33. The van der Waals surface area contributed by atoms with Crippen LogP contribution in [0.5, 0.6) is 11.5 Å². The molecule has 0 bridgehead atoms. The van der Waals surface area contributed by atoms with Crippen molar-refractivity contribution >= 4 is 35.4 Å². The lowest BCUT2D eigenvalue weighted by atomic mass is 10.0. The van der Waals surface area contributed by atoms with E-state index < -0.39 is 11.2 Å². The average molecular weight is 624 g/mol. The number of hydrogen-bond donors (Lipinski definition) is 0. The summed E-state index contributed by atoms with van der Waals surface area (Å²) in [5.74, 6) is 1.36. The van der Waals surface area contributed by atoms with Crippen molar-refractivity contribution in [2.24, 2.45) is 0 Å². The predicted molar refractivity (Wildman–Crippen MR) is 166 cm³/mol. The van der Waals surface area contributed by atoms with Gasteiger partial charge >= 0.3 is 12.2 Å². The second kappa shape index (κ2) is 14.1. The zero-order valence-electron chi connectivity index (χ0n) is 26.1. The summed E-state index contributed by atoms with van der Waals surface area (Å²) in [7, 11) is 3.22. The molecule has 42 heavy (non-hydrogen) atoms. The Morgan fingerprint density at radius 1 is 0.667 bits per heavy atom. The molecular weight excluding hydrogens is 579 g/mol. The highest BCUT2D eigenvalue weighted by molar-refractivity contribution is 6.33. The normalized spacial score (nSPS) is 15.2. The quantitative estimate of drug-likeness (QED) is 0.348. The molecule has 0 unspecified atom stereocenters. The van der Waals surface area contributed by atoms with Gasteiger partial charge in [0, 0.05) is 26.2 Å². The second-order valence-electron chi connectivity index (χ2n) is 12.4. The summed E-state index contributed by atoms with van der Waals surface area (Å²) in [6.45, 7) is 13.8. The van der Waals surface area contributed by atoms with E-state index in [0.717, 1.165) is 24.8 Å². The van der Waals surface area contributed by atoms with Gasteiger partial charge < -0.3 is 28.7 Å². The highest BCUT2D eigenvalue weighted by Gasteiger charge is 2.26. The molecule has 2 aromatic carbocycles. The number of methoxy groups -OCH3 is 2. The van der Waals surface area contributed by atoms with E-state index in [1.807, 2.05) is 65.8 Å². The van der Waals surface area contributed by atoms with Crippen molar-refractivity contribution in [2.75, 3.05) is 40.4 Å². The third kappa shape index (κ3) is 9.33. The maximum Gasteiger partial charge on any atom is 0.410 e. The minimum absolute atomic E-state index is 0.256. The molecule has 8 nitrogen and oxygen atoms in total. The fraction of sp³-hybridized carbons (Fsp3) is 0.562. The second-order valence-corrected chi connectivity index (χ2v) is 13.2. The summed E-state index contributed by atoms with van der Waals surface area (Å²) in [5, 5.41) is 1.27. The molecule has 0 spiro atoms. The van der Waals surface area contributed by atoms with Crippen molar-refractivity contribution in [2.45, 2.75) is 78.4 Å². The minimum Gasteiger partial charge on any atom is -0.495 e. The van der Waals surface area contributed by atoms with Gasteiger partial charge in [-0.1, -0.05) is 29.3 Å². The van der Waals surface area contributed by atoms with Crippen LogP contribution in [0.2, 0.25) is 10.0 Å². The van der Waals surface area contributed by atoms with E-state index in [1.165, 1.54) is 16.7 Å². The molecule has 232 valence electrons. The Morgan fingerprint density at radius 2 is 1.12 bits per heavy atom. The Kier molecular flexibility index (Phi) is 11.3. The molecule has 0 N–H and O–H groups in total. The summed E-state index contributed by atoms with van der Waals surface area (Å²) in [6, 6.07) is 7.81. The molecule has 2 heterocycles. The standard InChI is InChI=1S/2C16H22ClNO3/c1-16(2,3)21-15(19)18-7-5-11-9-13(17)14(20-4)10-12(11)6-8-18;1-16(2,3)21-15(19)18-9-7-11-5-6-13(20-4)14(17)12(11)8-10-18/h9-10H,5-8H2,1-4H3;5-6H,7-10H2,1-4H3. The van der Waals surface area contributed by atoms with Crippen LogP contribution in [0.15, 0.2) is 24.3 Å². The van der Waals surface area contributed by atoms with Gasteiger partial charge in [-0.2, -0.15) is 0 Å². The van der Waals surface area contributed by atoms with E-state index in [-0.39, 0.29) is 12.2 Å².